The van der Waals surface area contributed by atoms with Gasteiger partial charge in [0.2, 0.25) is 0 Å². The Morgan fingerprint density at radius 3 is 2.50 bits per heavy atom. The Morgan fingerprint density at radius 1 is 1.08 bits per heavy atom. The number of carbonyl (C=O) groups is 1. The van der Waals surface area contributed by atoms with Gasteiger partial charge in [-0.25, -0.2) is 4.79 Å². The Morgan fingerprint density at radius 2 is 1.85 bits per heavy atom. The molecule has 7 nitrogen and oxygen atoms in total. The summed E-state index contributed by atoms with van der Waals surface area (Å²) in [6.45, 7) is 9.73. The fourth-order valence-corrected chi connectivity index (χ4v) is 2.99. The highest BCUT2D eigenvalue weighted by Gasteiger charge is 2.22. The van der Waals surface area contributed by atoms with E-state index in [1.165, 1.54) is 5.56 Å². The van der Waals surface area contributed by atoms with E-state index >= 15 is 0 Å². The molecule has 0 saturated carbocycles. The van der Waals surface area contributed by atoms with Crippen molar-refractivity contribution in [3.8, 4) is 0 Å². The van der Waals surface area contributed by atoms with Crippen LogP contribution in [-0.2, 0) is 0 Å². The Labute approximate surface area is 154 Å². The maximum absolute atomic E-state index is 12.6. The molecule has 1 fully saturated rings. The average Bonchev–Trinajstić information content (AvgIpc) is 2.66. The van der Waals surface area contributed by atoms with Gasteiger partial charge in [0.05, 0.1) is 0 Å². The predicted octanol–water partition coefficient (Wildman–Crippen LogP) is 2.88. The zero-order chi connectivity index (χ0) is 18.5. The largest absolute Gasteiger partial charge is 0.369 e. The van der Waals surface area contributed by atoms with Crippen LogP contribution in [0.5, 0.6) is 0 Å². The van der Waals surface area contributed by atoms with Gasteiger partial charge in [-0.05, 0) is 50.1 Å². The lowest BCUT2D eigenvalue weighted by atomic mass is 10.1. The quantitative estimate of drug-likeness (QED) is 0.883. The van der Waals surface area contributed by atoms with Gasteiger partial charge >= 0.3 is 6.03 Å². The number of amides is 2. The fraction of sp³-hybridized carbons (Fsp3) is 0.421. The van der Waals surface area contributed by atoms with E-state index in [0.29, 0.717) is 13.1 Å². The van der Waals surface area contributed by atoms with Crippen LogP contribution in [0.2, 0.25) is 0 Å². The molecule has 1 aliphatic rings. The molecular weight excluding hydrogens is 328 g/mol. The standard InChI is InChI=1S/C19H26N6O/c1-4-20-17-8-9-18(23-22-17)24-10-12-25(13-11-24)19(26)21-16-7-5-6-14(2)15(16)3/h5-9H,4,10-13H2,1-3H3,(H,20,22)(H,21,26). The molecule has 2 aromatic rings. The second-order valence-corrected chi connectivity index (χ2v) is 6.46. The van der Waals surface area contributed by atoms with E-state index in [1.54, 1.807) is 0 Å². The number of carbonyl (C=O) groups excluding carboxylic acids is 1. The van der Waals surface area contributed by atoms with Crippen LogP contribution >= 0.6 is 0 Å². The minimum Gasteiger partial charge on any atom is -0.369 e. The topological polar surface area (TPSA) is 73.4 Å². The zero-order valence-corrected chi connectivity index (χ0v) is 15.6. The molecule has 2 amide bonds. The van der Waals surface area contributed by atoms with E-state index in [4.69, 9.17) is 0 Å². The molecule has 1 aliphatic heterocycles. The van der Waals surface area contributed by atoms with Crippen molar-refractivity contribution < 1.29 is 4.79 Å². The molecule has 26 heavy (non-hydrogen) atoms. The Bertz CT molecular complexity index is 753. The van der Waals surface area contributed by atoms with Crippen molar-refractivity contribution in [2.24, 2.45) is 0 Å². The molecule has 2 heterocycles. The molecule has 0 atom stereocenters. The van der Waals surface area contributed by atoms with Gasteiger partial charge in [0.1, 0.15) is 5.82 Å². The van der Waals surface area contributed by atoms with Crippen molar-refractivity contribution in [2.75, 3.05) is 48.3 Å². The number of nitrogens with zero attached hydrogens (tertiary/aromatic N) is 4. The number of rotatable bonds is 4. The summed E-state index contributed by atoms with van der Waals surface area (Å²) >= 11 is 0. The third-order valence-corrected chi connectivity index (χ3v) is 4.75. The lowest BCUT2D eigenvalue weighted by Gasteiger charge is -2.35. The van der Waals surface area contributed by atoms with Crippen LogP contribution in [0.4, 0.5) is 22.1 Å². The van der Waals surface area contributed by atoms with Gasteiger partial charge in [-0.1, -0.05) is 12.1 Å². The summed E-state index contributed by atoms with van der Waals surface area (Å²) in [4.78, 5) is 16.6. The maximum Gasteiger partial charge on any atom is 0.321 e. The van der Waals surface area contributed by atoms with Gasteiger partial charge in [0.25, 0.3) is 0 Å². The molecular formula is C19H26N6O. The van der Waals surface area contributed by atoms with Crippen LogP contribution in [0.15, 0.2) is 30.3 Å². The van der Waals surface area contributed by atoms with E-state index in [2.05, 4.69) is 25.7 Å². The number of piperazine rings is 1. The zero-order valence-electron chi connectivity index (χ0n) is 15.6. The molecule has 0 bridgehead atoms. The van der Waals surface area contributed by atoms with Crippen molar-refractivity contribution in [2.45, 2.75) is 20.8 Å². The van der Waals surface area contributed by atoms with Crippen LogP contribution in [0.1, 0.15) is 18.1 Å². The minimum atomic E-state index is -0.0491. The summed E-state index contributed by atoms with van der Waals surface area (Å²) in [5.74, 6) is 1.63. The molecule has 7 heteroatoms. The second-order valence-electron chi connectivity index (χ2n) is 6.46. The average molecular weight is 354 g/mol. The molecule has 1 aromatic heterocycles. The van der Waals surface area contributed by atoms with Gasteiger partial charge < -0.3 is 20.4 Å². The first-order valence-electron chi connectivity index (χ1n) is 9.03. The van der Waals surface area contributed by atoms with Gasteiger partial charge in [-0.15, -0.1) is 10.2 Å². The van der Waals surface area contributed by atoms with Crippen LogP contribution < -0.4 is 15.5 Å². The van der Waals surface area contributed by atoms with Crippen molar-refractivity contribution in [3.63, 3.8) is 0 Å². The van der Waals surface area contributed by atoms with E-state index in [1.807, 2.05) is 56.0 Å². The van der Waals surface area contributed by atoms with Gasteiger partial charge in [-0.3, -0.25) is 0 Å². The third-order valence-electron chi connectivity index (χ3n) is 4.75. The number of aromatic nitrogens is 2. The van der Waals surface area contributed by atoms with Crippen LogP contribution in [-0.4, -0.2) is 53.9 Å². The van der Waals surface area contributed by atoms with Crippen molar-refractivity contribution >= 4 is 23.4 Å². The smallest absolute Gasteiger partial charge is 0.321 e. The minimum absolute atomic E-state index is 0.0491. The Kier molecular flexibility index (Phi) is 5.55. The maximum atomic E-state index is 12.6. The molecule has 0 unspecified atom stereocenters. The molecule has 138 valence electrons. The Hall–Kier alpha value is -2.83. The van der Waals surface area contributed by atoms with E-state index in [0.717, 1.165) is 42.5 Å². The van der Waals surface area contributed by atoms with Crippen LogP contribution in [0.25, 0.3) is 0 Å². The lowest BCUT2D eigenvalue weighted by molar-refractivity contribution is 0.208. The fourth-order valence-electron chi connectivity index (χ4n) is 2.99. The van der Waals surface area contributed by atoms with E-state index in [-0.39, 0.29) is 6.03 Å². The lowest BCUT2D eigenvalue weighted by Crippen LogP contribution is -2.50. The monoisotopic (exact) mass is 354 g/mol. The molecule has 3 rings (SSSR count). The highest BCUT2D eigenvalue weighted by molar-refractivity contribution is 5.90. The molecule has 0 radical (unpaired) electrons. The summed E-state index contributed by atoms with van der Waals surface area (Å²) in [6.07, 6.45) is 0. The van der Waals surface area contributed by atoms with Crippen molar-refractivity contribution in [3.05, 3.63) is 41.5 Å². The first-order valence-corrected chi connectivity index (χ1v) is 9.03. The summed E-state index contributed by atoms with van der Waals surface area (Å²) < 4.78 is 0. The molecule has 1 saturated heterocycles. The molecule has 2 N–H and O–H groups in total. The van der Waals surface area contributed by atoms with Gasteiger partial charge in [0.15, 0.2) is 5.82 Å². The van der Waals surface area contributed by atoms with Crippen LogP contribution in [0.3, 0.4) is 0 Å². The van der Waals surface area contributed by atoms with E-state index < -0.39 is 0 Å². The molecule has 1 aromatic carbocycles. The normalized spacial score (nSPS) is 14.3. The van der Waals surface area contributed by atoms with Crippen molar-refractivity contribution in [1.29, 1.82) is 0 Å². The van der Waals surface area contributed by atoms with Gasteiger partial charge in [-0.2, -0.15) is 0 Å². The molecule has 0 spiro atoms. The second kappa shape index (κ2) is 8.03. The highest BCUT2D eigenvalue weighted by Crippen LogP contribution is 2.19. The number of hydrogen-bond acceptors (Lipinski definition) is 5. The summed E-state index contributed by atoms with van der Waals surface area (Å²) in [5, 5.41) is 14.6. The number of benzene rings is 1. The van der Waals surface area contributed by atoms with Crippen LogP contribution in [0, 0.1) is 13.8 Å². The number of nitrogens with one attached hydrogen (secondary N) is 2. The summed E-state index contributed by atoms with van der Waals surface area (Å²) in [5.41, 5.74) is 3.16. The predicted molar refractivity (Wildman–Crippen MR) is 105 cm³/mol. The number of aryl methyl sites for hydroxylation is 1. The Balaban J connectivity index is 1.56. The van der Waals surface area contributed by atoms with Crippen molar-refractivity contribution in [1.82, 2.24) is 15.1 Å². The highest BCUT2D eigenvalue weighted by atomic mass is 16.2. The number of urea groups is 1. The first kappa shape index (κ1) is 18.0. The summed E-state index contributed by atoms with van der Waals surface area (Å²) in [7, 11) is 0. The SMILES string of the molecule is CCNc1ccc(N2CCN(C(=O)Nc3cccc(C)c3C)CC2)nn1. The number of anilines is 3. The number of hydrogen-bond donors (Lipinski definition) is 2. The summed E-state index contributed by atoms with van der Waals surface area (Å²) in [6, 6.07) is 9.81. The molecule has 0 aliphatic carbocycles. The third kappa shape index (κ3) is 4.04. The first-order chi connectivity index (χ1) is 12.6. The van der Waals surface area contributed by atoms with E-state index in [9.17, 15) is 4.79 Å². The van der Waals surface area contributed by atoms with Gasteiger partial charge in [0, 0.05) is 38.4 Å².